The van der Waals surface area contributed by atoms with Crippen LogP contribution in [0.3, 0.4) is 0 Å². The van der Waals surface area contributed by atoms with E-state index < -0.39 is 0 Å². The molecule has 0 aliphatic heterocycles. The molecular weight excluding hydrogens is 254 g/mol. The second-order valence-electron chi connectivity index (χ2n) is 4.83. The molecule has 0 N–H and O–H groups in total. The Morgan fingerprint density at radius 3 is 2.20 bits per heavy atom. The molecule has 0 fully saturated rings. The molecule has 1 aromatic heterocycles. The maximum Gasteiger partial charge on any atom is 0.335 e. The Labute approximate surface area is 117 Å². The summed E-state index contributed by atoms with van der Waals surface area (Å²) in [7, 11) is 3.62. The molecule has 0 saturated heterocycles. The second kappa shape index (κ2) is 5.36. The third-order valence-electron chi connectivity index (χ3n) is 3.35. The van der Waals surface area contributed by atoms with E-state index in [1.807, 2.05) is 39.2 Å². The maximum absolute atomic E-state index is 12.6. The topological polar surface area (TPSA) is 47.2 Å². The average Bonchev–Trinajstić information content (AvgIpc) is 2.39. The summed E-state index contributed by atoms with van der Waals surface area (Å²) in [5, 5.41) is 0. The van der Waals surface area contributed by atoms with Gasteiger partial charge in [0.15, 0.2) is 0 Å². The molecule has 0 unspecified atom stereocenters. The van der Waals surface area contributed by atoms with Crippen molar-refractivity contribution in [3.63, 3.8) is 0 Å². The largest absolute Gasteiger partial charge is 0.372 e. The lowest BCUT2D eigenvalue weighted by Crippen LogP contribution is -2.42. The Bertz CT molecular complexity index is 727. The van der Waals surface area contributed by atoms with E-state index in [0.29, 0.717) is 23.6 Å². The van der Waals surface area contributed by atoms with Crippen molar-refractivity contribution in [3.8, 4) is 5.69 Å². The van der Waals surface area contributed by atoms with Gasteiger partial charge in [0.1, 0.15) is 5.69 Å². The highest BCUT2D eigenvalue weighted by molar-refractivity contribution is 5.49. The van der Waals surface area contributed by atoms with E-state index in [1.54, 1.807) is 28.5 Å². The fourth-order valence-electron chi connectivity index (χ4n) is 2.43. The zero-order chi connectivity index (χ0) is 14.9. The van der Waals surface area contributed by atoms with Crippen LogP contribution in [0, 0.1) is 6.92 Å². The molecule has 106 valence electrons. The van der Waals surface area contributed by atoms with Gasteiger partial charge in [-0.25, -0.2) is 9.36 Å². The third-order valence-corrected chi connectivity index (χ3v) is 3.35. The highest BCUT2D eigenvalue weighted by Gasteiger charge is 2.17. The van der Waals surface area contributed by atoms with Crippen LogP contribution in [0.15, 0.2) is 39.9 Å². The van der Waals surface area contributed by atoms with Crippen molar-refractivity contribution in [3.05, 3.63) is 56.9 Å². The maximum atomic E-state index is 12.6. The van der Waals surface area contributed by atoms with Crippen molar-refractivity contribution in [1.29, 1.82) is 0 Å². The lowest BCUT2D eigenvalue weighted by molar-refractivity contribution is 0.637. The molecule has 20 heavy (non-hydrogen) atoms. The van der Waals surface area contributed by atoms with Crippen LogP contribution in [0.1, 0.15) is 12.6 Å². The van der Waals surface area contributed by atoms with Gasteiger partial charge >= 0.3 is 5.69 Å². The van der Waals surface area contributed by atoms with E-state index in [0.717, 1.165) is 0 Å². The average molecular weight is 273 g/mol. The Balaban J connectivity index is 2.92. The summed E-state index contributed by atoms with van der Waals surface area (Å²) in [6, 6.07) is 9.00. The van der Waals surface area contributed by atoms with Crippen LogP contribution in [0.25, 0.3) is 5.69 Å². The number of benzene rings is 1. The number of aromatic nitrogens is 2. The normalized spacial score (nSPS) is 10.6. The minimum absolute atomic E-state index is 0.284. The predicted molar refractivity (Wildman–Crippen MR) is 81.0 cm³/mol. The number of nitrogens with zero attached hydrogens (tertiary/aromatic N) is 3. The lowest BCUT2D eigenvalue weighted by atomic mass is 10.3. The summed E-state index contributed by atoms with van der Waals surface area (Å²) in [6.07, 6.45) is 0. The molecule has 2 rings (SSSR count). The number of anilines is 1. The molecule has 0 saturated carbocycles. The van der Waals surface area contributed by atoms with E-state index in [1.165, 1.54) is 4.57 Å². The van der Waals surface area contributed by atoms with Gasteiger partial charge < -0.3 is 4.90 Å². The van der Waals surface area contributed by atoms with Crippen molar-refractivity contribution < 1.29 is 0 Å². The number of hydrogen-bond donors (Lipinski definition) is 0. The summed E-state index contributed by atoms with van der Waals surface area (Å²) < 4.78 is 2.84. The zero-order valence-corrected chi connectivity index (χ0v) is 12.3. The highest BCUT2D eigenvalue weighted by Crippen LogP contribution is 2.12. The number of para-hydroxylation sites is 1. The summed E-state index contributed by atoms with van der Waals surface area (Å²) in [5.74, 6) is 0. The monoisotopic (exact) mass is 273 g/mol. The summed E-state index contributed by atoms with van der Waals surface area (Å²) >= 11 is 0. The van der Waals surface area contributed by atoms with Crippen LogP contribution < -0.4 is 16.1 Å². The molecule has 0 atom stereocenters. The smallest absolute Gasteiger partial charge is 0.335 e. The second-order valence-corrected chi connectivity index (χ2v) is 4.83. The van der Waals surface area contributed by atoms with Crippen molar-refractivity contribution in [1.82, 2.24) is 9.13 Å². The molecule has 0 spiro atoms. The van der Waals surface area contributed by atoms with Crippen LogP contribution in [-0.4, -0.2) is 23.2 Å². The van der Waals surface area contributed by atoms with Crippen LogP contribution >= 0.6 is 0 Å². The first-order chi connectivity index (χ1) is 9.49. The number of rotatable bonds is 3. The van der Waals surface area contributed by atoms with Gasteiger partial charge in [-0.05, 0) is 26.0 Å². The van der Waals surface area contributed by atoms with Crippen LogP contribution in [0.2, 0.25) is 0 Å². The Hall–Kier alpha value is -2.30. The van der Waals surface area contributed by atoms with E-state index in [4.69, 9.17) is 0 Å². The van der Waals surface area contributed by atoms with Crippen LogP contribution in [-0.2, 0) is 6.54 Å². The zero-order valence-electron chi connectivity index (χ0n) is 12.3. The molecule has 1 heterocycles. The predicted octanol–water partition coefficient (Wildman–Crippen LogP) is 1.39. The van der Waals surface area contributed by atoms with Gasteiger partial charge in [0.25, 0.3) is 5.56 Å². The number of hydrogen-bond acceptors (Lipinski definition) is 3. The highest BCUT2D eigenvalue weighted by atomic mass is 16.2. The van der Waals surface area contributed by atoms with E-state index in [2.05, 4.69) is 0 Å². The quantitative estimate of drug-likeness (QED) is 0.849. The van der Waals surface area contributed by atoms with Gasteiger partial charge in [-0.1, -0.05) is 18.2 Å². The SMILES string of the molecule is CCn1c(C)c(N(C)C)c(=O)n(-c2ccccc2)c1=O. The fraction of sp³-hybridized carbons (Fsp3) is 0.333. The van der Waals surface area contributed by atoms with Gasteiger partial charge in [0.05, 0.1) is 5.69 Å². The van der Waals surface area contributed by atoms with Gasteiger partial charge in [0.2, 0.25) is 0 Å². The summed E-state index contributed by atoms with van der Waals surface area (Å²) in [6.45, 7) is 4.23. The summed E-state index contributed by atoms with van der Waals surface area (Å²) in [4.78, 5) is 26.9. The Kier molecular flexibility index (Phi) is 3.79. The molecule has 5 nitrogen and oxygen atoms in total. The fourth-order valence-corrected chi connectivity index (χ4v) is 2.43. The van der Waals surface area contributed by atoms with Crippen molar-refractivity contribution in [2.24, 2.45) is 0 Å². The van der Waals surface area contributed by atoms with Gasteiger partial charge in [-0.3, -0.25) is 9.36 Å². The van der Waals surface area contributed by atoms with Crippen molar-refractivity contribution in [2.75, 3.05) is 19.0 Å². The molecule has 0 bridgehead atoms. The van der Waals surface area contributed by atoms with E-state index >= 15 is 0 Å². The standard InChI is InChI=1S/C15H19N3O2/c1-5-17-11(2)13(16(3)4)14(19)18(15(17)20)12-9-7-6-8-10-12/h6-10H,5H2,1-4H3. The lowest BCUT2D eigenvalue weighted by Gasteiger charge is -2.20. The van der Waals surface area contributed by atoms with Crippen LogP contribution in [0.5, 0.6) is 0 Å². The molecule has 5 heteroatoms. The summed E-state index contributed by atoms with van der Waals surface area (Å²) in [5.41, 5.74) is 1.24. The Morgan fingerprint density at radius 2 is 1.70 bits per heavy atom. The first-order valence-corrected chi connectivity index (χ1v) is 6.58. The molecule has 1 aromatic carbocycles. The molecule has 0 radical (unpaired) electrons. The van der Waals surface area contributed by atoms with Crippen molar-refractivity contribution in [2.45, 2.75) is 20.4 Å². The first kappa shape index (κ1) is 14.1. The minimum atomic E-state index is -0.299. The minimum Gasteiger partial charge on any atom is -0.372 e. The molecular formula is C15H19N3O2. The Morgan fingerprint density at radius 1 is 1.10 bits per heavy atom. The molecule has 0 aliphatic rings. The molecule has 0 amide bonds. The van der Waals surface area contributed by atoms with Gasteiger partial charge in [0, 0.05) is 26.3 Å². The van der Waals surface area contributed by atoms with E-state index in [9.17, 15) is 9.59 Å². The van der Waals surface area contributed by atoms with Gasteiger partial charge in [-0.15, -0.1) is 0 Å². The van der Waals surface area contributed by atoms with Crippen LogP contribution in [0.4, 0.5) is 5.69 Å². The van der Waals surface area contributed by atoms with Gasteiger partial charge in [-0.2, -0.15) is 0 Å². The molecule has 2 aromatic rings. The third kappa shape index (κ3) is 2.15. The van der Waals surface area contributed by atoms with E-state index in [-0.39, 0.29) is 11.2 Å². The molecule has 0 aliphatic carbocycles. The first-order valence-electron chi connectivity index (χ1n) is 6.58. The van der Waals surface area contributed by atoms with Crippen molar-refractivity contribution >= 4 is 5.69 Å².